The van der Waals surface area contributed by atoms with Gasteiger partial charge in [0.15, 0.2) is 6.23 Å². The van der Waals surface area contributed by atoms with Gasteiger partial charge in [-0.2, -0.15) is 0 Å². The van der Waals surface area contributed by atoms with E-state index in [1.165, 1.54) is 19.8 Å². The van der Waals surface area contributed by atoms with Crippen LogP contribution in [0.5, 0.6) is 0 Å². The fraction of sp³-hybridized carbons (Fsp3) is 0.917. The molecule has 0 amide bonds. The van der Waals surface area contributed by atoms with E-state index in [2.05, 4.69) is 19.0 Å². The van der Waals surface area contributed by atoms with Crippen molar-refractivity contribution in [2.45, 2.75) is 38.8 Å². The Hall–Kier alpha value is -0.610. The summed E-state index contributed by atoms with van der Waals surface area (Å²) in [6, 6.07) is 0. The molecule has 0 saturated heterocycles. The van der Waals surface area contributed by atoms with E-state index in [-0.39, 0.29) is 12.2 Å². The van der Waals surface area contributed by atoms with Crippen molar-refractivity contribution in [1.82, 2.24) is 9.80 Å². The number of hydrogen-bond donors (Lipinski definition) is 0. The van der Waals surface area contributed by atoms with Crippen LogP contribution in [0.2, 0.25) is 0 Å². The first-order chi connectivity index (χ1) is 7.43. The molecule has 1 unspecified atom stereocenters. The lowest BCUT2D eigenvalue weighted by Crippen LogP contribution is -2.32. The van der Waals surface area contributed by atoms with Crippen LogP contribution in [0, 0.1) is 0 Å². The predicted octanol–water partition coefficient (Wildman–Crippen LogP) is 1.56. The van der Waals surface area contributed by atoms with Gasteiger partial charge in [-0.3, -0.25) is 9.69 Å². The van der Waals surface area contributed by atoms with Crippen molar-refractivity contribution >= 4 is 5.97 Å². The number of carbonyl (C=O) groups excluding carboxylic acids is 1. The van der Waals surface area contributed by atoms with Crippen LogP contribution in [0.4, 0.5) is 0 Å². The molecule has 0 rings (SSSR count). The standard InChI is InChI=1S/C12H26N2O2/c1-11(15)16-12(14(4)5)9-7-6-8-10-13(2)3/h12H,6-10H2,1-5H3. The smallest absolute Gasteiger partial charge is 0.304 e. The molecule has 4 heteroatoms. The van der Waals surface area contributed by atoms with Crippen molar-refractivity contribution in [3.05, 3.63) is 0 Å². The summed E-state index contributed by atoms with van der Waals surface area (Å²) in [7, 11) is 8.05. The molecule has 0 aliphatic carbocycles. The molecule has 0 heterocycles. The number of hydrogen-bond acceptors (Lipinski definition) is 4. The Labute approximate surface area is 99.5 Å². The lowest BCUT2D eigenvalue weighted by molar-refractivity contribution is -0.154. The molecule has 0 aromatic heterocycles. The molecule has 0 saturated carbocycles. The van der Waals surface area contributed by atoms with Crippen molar-refractivity contribution in [2.75, 3.05) is 34.7 Å². The van der Waals surface area contributed by atoms with Crippen LogP contribution in [-0.2, 0) is 9.53 Å². The topological polar surface area (TPSA) is 32.8 Å². The third-order valence-corrected chi connectivity index (χ3v) is 2.43. The van der Waals surface area contributed by atoms with Gasteiger partial charge in [-0.25, -0.2) is 0 Å². The molecule has 0 aliphatic rings. The monoisotopic (exact) mass is 230 g/mol. The van der Waals surface area contributed by atoms with Crippen LogP contribution in [-0.4, -0.2) is 56.7 Å². The van der Waals surface area contributed by atoms with Crippen molar-refractivity contribution in [3.8, 4) is 0 Å². The third kappa shape index (κ3) is 8.68. The Morgan fingerprint density at radius 1 is 1.12 bits per heavy atom. The number of unbranched alkanes of at least 4 members (excludes halogenated alkanes) is 2. The zero-order valence-electron chi connectivity index (χ0n) is 11.3. The van der Waals surface area contributed by atoms with Gasteiger partial charge in [0.25, 0.3) is 0 Å². The summed E-state index contributed by atoms with van der Waals surface area (Å²) in [4.78, 5) is 15.0. The molecule has 1 atom stereocenters. The first-order valence-electron chi connectivity index (χ1n) is 5.92. The van der Waals surface area contributed by atoms with Gasteiger partial charge in [-0.15, -0.1) is 0 Å². The van der Waals surface area contributed by atoms with Gasteiger partial charge < -0.3 is 9.64 Å². The van der Waals surface area contributed by atoms with Gasteiger partial charge in [0.1, 0.15) is 0 Å². The molecule has 0 fully saturated rings. The number of esters is 1. The molecule has 16 heavy (non-hydrogen) atoms. The molecule has 0 aromatic carbocycles. The molecule has 4 nitrogen and oxygen atoms in total. The Kier molecular flexibility index (Phi) is 8.21. The second kappa shape index (κ2) is 8.53. The summed E-state index contributed by atoms with van der Waals surface area (Å²) in [5.41, 5.74) is 0. The van der Waals surface area contributed by atoms with E-state index in [4.69, 9.17) is 4.74 Å². The summed E-state index contributed by atoms with van der Waals surface area (Å²) >= 11 is 0. The van der Waals surface area contributed by atoms with Crippen LogP contribution >= 0.6 is 0 Å². The molecular weight excluding hydrogens is 204 g/mol. The maximum atomic E-state index is 10.9. The first kappa shape index (κ1) is 15.4. The molecule has 0 spiro atoms. The molecule has 0 N–H and O–H groups in total. The number of nitrogens with zero attached hydrogens (tertiary/aromatic N) is 2. The highest BCUT2D eigenvalue weighted by Gasteiger charge is 2.13. The lowest BCUT2D eigenvalue weighted by atomic mass is 10.1. The minimum Gasteiger partial charge on any atom is -0.447 e. The fourth-order valence-corrected chi connectivity index (χ4v) is 1.54. The second-order valence-corrected chi connectivity index (χ2v) is 4.68. The van der Waals surface area contributed by atoms with E-state index in [9.17, 15) is 4.79 Å². The zero-order chi connectivity index (χ0) is 12.6. The Balaban J connectivity index is 3.64. The van der Waals surface area contributed by atoms with Gasteiger partial charge in [0, 0.05) is 6.92 Å². The Morgan fingerprint density at radius 2 is 1.75 bits per heavy atom. The number of rotatable bonds is 8. The van der Waals surface area contributed by atoms with Crippen molar-refractivity contribution < 1.29 is 9.53 Å². The van der Waals surface area contributed by atoms with Gasteiger partial charge in [-0.1, -0.05) is 6.42 Å². The minimum atomic E-state index is -0.202. The number of carbonyl (C=O) groups is 1. The Morgan fingerprint density at radius 3 is 2.19 bits per heavy atom. The highest BCUT2D eigenvalue weighted by molar-refractivity contribution is 5.66. The van der Waals surface area contributed by atoms with Gasteiger partial charge in [0.05, 0.1) is 0 Å². The van der Waals surface area contributed by atoms with E-state index < -0.39 is 0 Å². The van der Waals surface area contributed by atoms with E-state index in [1.807, 2.05) is 19.0 Å². The molecule has 0 bridgehead atoms. The fourth-order valence-electron chi connectivity index (χ4n) is 1.54. The molecule has 0 aromatic rings. The van der Waals surface area contributed by atoms with Crippen molar-refractivity contribution in [1.29, 1.82) is 0 Å². The van der Waals surface area contributed by atoms with Crippen LogP contribution in [0.25, 0.3) is 0 Å². The summed E-state index contributed by atoms with van der Waals surface area (Å²) in [5.74, 6) is -0.202. The average molecular weight is 230 g/mol. The summed E-state index contributed by atoms with van der Waals surface area (Å²) in [5, 5.41) is 0. The molecule has 0 radical (unpaired) electrons. The average Bonchev–Trinajstić information content (AvgIpc) is 2.14. The quantitative estimate of drug-likeness (QED) is 0.360. The number of ether oxygens (including phenoxy) is 1. The van der Waals surface area contributed by atoms with Gasteiger partial charge in [0.2, 0.25) is 0 Å². The first-order valence-corrected chi connectivity index (χ1v) is 5.92. The lowest BCUT2D eigenvalue weighted by Gasteiger charge is -2.23. The SMILES string of the molecule is CC(=O)OC(CCCCCN(C)C)N(C)C. The normalized spacial score (nSPS) is 13.2. The van der Waals surface area contributed by atoms with Crippen LogP contribution in [0.3, 0.4) is 0 Å². The van der Waals surface area contributed by atoms with Crippen LogP contribution in [0.15, 0.2) is 0 Å². The van der Waals surface area contributed by atoms with E-state index in [1.54, 1.807) is 0 Å². The maximum absolute atomic E-state index is 10.9. The highest BCUT2D eigenvalue weighted by Crippen LogP contribution is 2.09. The van der Waals surface area contributed by atoms with Crippen molar-refractivity contribution in [3.63, 3.8) is 0 Å². The zero-order valence-corrected chi connectivity index (χ0v) is 11.3. The highest BCUT2D eigenvalue weighted by atomic mass is 16.6. The largest absolute Gasteiger partial charge is 0.447 e. The molecule has 0 aliphatic heterocycles. The van der Waals surface area contributed by atoms with E-state index >= 15 is 0 Å². The summed E-state index contributed by atoms with van der Waals surface area (Å²) in [6.07, 6.45) is 4.33. The van der Waals surface area contributed by atoms with Crippen molar-refractivity contribution in [2.24, 2.45) is 0 Å². The van der Waals surface area contributed by atoms with Crippen LogP contribution in [0.1, 0.15) is 32.6 Å². The molecular formula is C12H26N2O2. The Bertz CT molecular complexity index is 193. The van der Waals surface area contributed by atoms with Crippen LogP contribution < -0.4 is 0 Å². The minimum absolute atomic E-state index is 0.0724. The maximum Gasteiger partial charge on any atom is 0.304 e. The van der Waals surface area contributed by atoms with Gasteiger partial charge in [-0.05, 0) is 54.0 Å². The summed E-state index contributed by atoms with van der Waals surface area (Å²) in [6.45, 7) is 2.59. The summed E-state index contributed by atoms with van der Waals surface area (Å²) < 4.78 is 5.22. The molecule has 96 valence electrons. The van der Waals surface area contributed by atoms with E-state index in [0.29, 0.717) is 0 Å². The van der Waals surface area contributed by atoms with Gasteiger partial charge >= 0.3 is 5.97 Å². The third-order valence-electron chi connectivity index (χ3n) is 2.43. The predicted molar refractivity (Wildman–Crippen MR) is 66.3 cm³/mol. The second-order valence-electron chi connectivity index (χ2n) is 4.68. The van der Waals surface area contributed by atoms with E-state index in [0.717, 1.165) is 19.4 Å².